The third-order valence-corrected chi connectivity index (χ3v) is 15.2. The monoisotopic (exact) mass is 889 g/mol. The highest BCUT2D eigenvalue weighted by atomic mass is 32.1. The maximum absolute atomic E-state index is 14.1. The second-order valence-corrected chi connectivity index (χ2v) is 19.5. The van der Waals surface area contributed by atoms with E-state index in [4.69, 9.17) is 19.6 Å². The van der Waals surface area contributed by atoms with Crippen LogP contribution in [0.4, 0.5) is 27.1 Å². The van der Waals surface area contributed by atoms with Crippen molar-refractivity contribution in [2.45, 2.75) is 58.6 Å². The van der Waals surface area contributed by atoms with E-state index in [1.165, 1.54) is 57.0 Å². The SMILES string of the molecule is COC(=O)c1c(-c2cnn(CC34CC5CC(CC(C5)C3)C4)c2C)ccn2c(Nc3cc(N4CCN(C(=O)OCc5ccccc5)CC4)ccc3C(=O)Nc3nc4ccccc4s3)cnc12. The number of amides is 2. The molecule has 1 saturated heterocycles. The Morgan fingerprint density at radius 3 is 2.34 bits per heavy atom. The van der Waals surface area contributed by atoms with Crippen molar-refractivity contribution in [3.05, 3.63) is 120 Å². The zero-order valence-electron chi connectivity index (χ0n) is 36.5. The number of nitrogens with one attached hydrogen (secondary N) is 2. The van der Waals surface area contributed by atoms with Crippen LogP contribution in [0.3, 0.4) is 0 Å². The van der Waals surface area contributed by atoms with Gasteiger partial charge in [0, 0.05) is 61.4 Å². The van der Waals surface area contributed by atoms with Gasteiger partial charge < -0.3 is 24.6 Å². The van der Waals surface area contributed by atoms with Gasteiger partial charge in [-0.05, 0) is 111 Å². The van der Waals surface area contributed by atoms with Crippen LogP contribution in [0, 0.1) is 30.1 Å². The van der Waals surface area contributed by atoms with E-state index in [1.807, 2.05) is 89.6 Å². The number of imidazole rings is 1. The van der Waals surface area contributed by atoms with Gasteiger partial charge in [0.25, 0.3) is 5.91 Å². The van der Waals surface area contributed by atoms with Crippen LogP contribution in [0.15, 0.2) is 97.5 Å². The molecular formula is C50H51N9O5S. The van der Waals surface area contributed by atoms with Gasteiger partial charge in [-0.15, -0.1) is 0 Å². The molecule has 0 spiro atoms. The van der Waals surface area contributed by atoms with Gasteiger partial charge in [0.05, 0.1) is 41.0 Å². The van der Waals surface area contributed by atoms with Crippen molar-refractivity contribution in [2.75, 3.05) is 48.8 Å². The molecular weight excluding hydrogens is 839 g/mol. The van der Waals surface area contributed by atoms with Crippen molar-refractivity contribution in [2.24, 2.45) is 23.2 Å². The number of para-hydroxylation sites is 1. The number of carbonyl (C=O) groups is 3. The first kappa shape index (κ1) is 41.0. The Morgan fingerprint density at radius 1 is 0.862 bits per heavy atom. The van der Waals surface area contributed by atoms with Crippen molar-refractivity contribution >= 4 is 67.5 Å². The van der Waals surface area contributed by atoms with Crippen LogP contribution in [-0.2, 0) is 22.6 Å². The van der Waals surface area contributed by atoms with Crippen LogP contribution in [0.2, 0.25) is 0 Å². The fourth-order valence-electron chi connectivity index (χ4n) is 11.6. The van der Waals surface area contributed by atoms with Gasteiger partial charge in [0.1, 0.15) is 18.0 Å². The van der Waals surface area contributed by atoms with E-state index >= 15 is 0 Å². The molecule has 2 N–H and O–H groups in total. The molecule has 4 bridgehead atoms. The number of fused-ring (bicyclic) bond motifs is 2. The molecule has 14 nitrogen and oxygen atoms in total. The number of hydrogen-bond donors (Lipinski definition) is 2. The summed E-state index contributed by atoms with van der Waals surface area (Å²) in [6, 6.07) is 25.0. The van der Waals surface area contributed by atoms with E-state index in [-0.39, 0.29) is 18.6 Å². The topological polar surface area (TPSA) is 148 Å². The van der Waals surface area contributed by atoms with E-state index in [9.17, 15) is 14.4 Å². The second-order valence-electron chi connectivity index (χ2n) is 18.5. The fraction of sp³-hybridized carbons (Fsp3) is 0.360. The lowest BCUT2D eigenvalue weighted by molar-refractivity contribution is -0.0638. The zero-order valence-corrected chi connectivity index (χ0v) is 37.4. The standard InChI is InChI=1S/C50H51N9O5S/c1-31-39(27-52-59(31)30-50-24-33-20-34(25-50)22-35(21-33)26-50)37-14-15-58-43(28-51-45(58)44(37)47(61)63-2)53-41-23-36(12-13-38(41)46(60)55-48-54-40-10-6-7-11-42(40)65-48)56-16-18-57(19-17-56)49(62)64-29-32-8-4-3-5-9-32/h3-15,23,27-28,33-35,53H,16-22,24-26,29-30H2,1-2H3,(H,54,55,60). The lowest BCUT2D eigenvalue weighted by Crippen LogP contribution is -2.49. The molecule has 5 aliphatic rings. The number of aromatic nitrogens is 5. The lowest BCUT2D eigenvalue weighted by Gasteiger charge is -2.56. The molecule has 332 valence electrons. The summed E-state index contributed by atoms with van der Waals surface area (Å²) in [7, 11) is 1.39. The Morgan fingerprint density at radius 2 is 1.60 bits per heavy atom. The van der Waals surface area contributed by atoms with Gasteiger partial charge in [-0.3, -0.25) is 19.2 Å². The number of carbonyl (C=O) groups excluding carboxylic acids is 3. The third kappa shape index (κ3) is 7.85. The maximum Gasteiger partial charge on any atom is 0.410 e. The number of nitrogens with zero attached hydrogens (tertiary/aromatic N) is 7. The summed E-state index contributed by atoms with van der Waals surface area (Å²) >= 11 is 1.41. The molecule has 1 aliphatic heterocycles. The van der Waals surface area contributed by atoms with E-state index in [0.717, 1.165) is 57.0 Å². The number of benzene rings is 3. The number of rotatable bonds is 11. The first-order valence-electron chi connectivity index (χ1n) is 22.6. The van der Waals surface area contributed by atoms with Crippen molar-refractivity contribution < 1.29 is 23.9 Å². The number of anilines is 4. The van der Waals surface area contributed by atoms with Crippen molar-refractivity contribution in [3.8, 4) is 11.1 Å². The molecule has 65 heavy (non-hydrogen) atoms. The molecule has 0 radical (unpaired) electrons. The summed E-state index contributed by atoms with van der Waals surface area (Å²) in [5, 5.41) is 11.9. The Hall–Kier alpha value is -6.74. The zero-order chi connectivity index (χ0) is 44.2. The lowest BCUT2D eigenvalue weighted by atomic mass is 9.49. The Labute approximate surface area is 380 Å². The van der Waals surface area contributed by atoms with E-state index in [0.29, 0.717) is 70.6 Å². The van der Waals surface area contributed by atoms with E-state index in [1.54, 1.807) is 17.2 Å². The summed E-state index contributed by atoms with van der Waals surface area (Å²) < 4.78 is 16.0. The number of piperazine rings is 1. The normalized spacial score (nSPS) is 21.2. The summed E-state index contributed by atoms with van der Waals surface area (Å²) in [6.07, 6.45) is 13.1. The molecule has 3 aromatic carbocycles. The predicted octanol–water partition coefficient (Wildman–Crippen LogP) is 9.57. The number of pyridine rings is 1. The minimum Gasteiger partial charge on any atom is -0.465 e. The Kier molecular flexibility index (Phi) is 10.5. The van der Waals surface area contributed by atoms with Crippen LogP contribution in [0.5, 0.6) is 0 Å². The summed E-state index contributed by atoms with van der Waals surface area (Å²) in [5.41, 5.74) is 7.17. The largest absolute Gasteiger partial charge is 0.465 e. The molecule has 4 aliphatic carbocycles. The van der Waals surface area contributed by atoms with Crippen LogP contribution in [-0.4, -0.2) is 80.3 Å². The average Bonchev–Trinajstić information content (AvgIpc) is 4.03. The van der Waals surface area contributed by atoms with E-state index in [2.05, 4.69) is 32.1 Å². The Balaban J connectivity index is 0.880. The van der Waals surface area contributed by atoms with Crippen LogP contribution < -0.4 is 15.5 Å². The number of ether oxygens (including phenoxy) is 2. The minimum absolute atomic E-state index is 0.215. The smallest absolute Gasteiger partial charge is 0.410 e. The highest BCUT2D eigenvalue weighted by molar-refractivity contribution is 7.22. The first-order valence-corrected chi connectivity index (χ1v) is 23.4. The molecule has 2 amide bonds. The number of esters is 1. The maximum atomic E-state index is 14.1. The van der Waals surface area contributed by atoms with Gasteiger partial charge in [-0.2, -0.15) is 5.10 Å². The van der Waals surface area contributed by atoms with Crippen molar-refractivity contribution in [1.29, 1.82) is 0 Å². The highest BCUT2D eigenvalue weighted by Gasteiger charge is 2.51. The number of thiazole rings is 1. The molecule has 4 saturated carbocycles. The quantitative estimate of drug-likeness (QED) is 0.120. The predicted molar refractivity (Wildman–Crippen MR) is 251 cm³/mol. The van der Waals surface area contributed by atoms with Crippen LogP contribution >= 0.6 is 11.3 Å². The number of methoxy groups -OCH3 is 1. The van der Waals surface area contributed by atoms with Crippen LogP contribution in [0.25, 0.3) is 27.0 Å². The van der Waals surface area contributed by atoms with E-state index < -0.39 is 5.97 Å². The molecule has 4 aromatic heterocycles. The third-order valence-electron chi connectivity index (χ3n) is 14.2. The van der Waals surface area contributed by atoms with Crippen LogP contribution in [0.1, 0.15) is 70.5 Å². The van der Waals surface area contributed by atoms with Gasteiger partial charge in [-0.25, -0.2) is 19.6 Å². The Bertz CT molecular complexity index is 2880. The van der Waals surface area contributed by atoms with Gasteiger partial charge in [-0.1, -0.05) is 53.8 Å². The molecule has 12 rings (SSSR count). The number of hydrogen-bond acceptors (Lipinski definition) is 11. The van der Waals surface area contributed by atoms with Gasteiger partial charge in [0.15, 0.2) is 10.8 Å². The van der Waals surface area contributed by atoms with Gasteiger partial charge >= 0.3 is 12.1 Å². The summed E-state index contributed by atoms with van der Waals surface area (Å²) in [5.74, 6) is 2.24. The highest BCUT2D eigenvalue weighted by Crippen LogP contribution is 2.60. The minimum atomic E-state index is -0.503. The molecule has 0 atom stereocenters. The van der Waals surface area contributed by atoms with Crippen molar-refractivity contribution in [3.63, 3.8) is 0 Å². The first-order chi connectivity index (χ1) is 31.7. The fourth-order valence-corrected chi connectivity index (χ4v) is 12.4. The molecule has 5 heterocycles. The van der Waals surface area contributed by atoms with Crippen molar-refractivity contribution in [1.82, 2.24) is 29.0 Å². The average molecular weight is 890 g/mol. The molecule has 7 aromatic rings. The second kappa shape index (κ2) is 16.7. The summed E-state index contributed by atoms with van der Waals surface area (Å²) in [4.78, 5) is 54.2. The molecule has 0 unspecified atom stereocenters. The molecule has 15 heteroatoms. The summed E-state index contributed by atoms with van der Waals surface area (Å²) in [6.45, 7) is 5.30. The molecule has 5 fully saturated rings. The van der Waals surface area contributed by atoms with Gasteiger partial charge in [0.2, 0.25) is 0 Å².